The number of pyridine rings is 2. The third-order valence-corrected chi connectivity index (χ3v) is 4.15. The van der Waals surface area contributed by atoms with Gasteiger partial charge in [0, 0.05) is 29.3 Å². The minimum absolute atomic E-state index is 0.541. The van der Waals surface area contributed by atoms with E-state index in [1.54, 1.807) is 0 Å². The molecule has 0 fully saturated rings. The van der Waals surface area contributed by atoms with Gasteiger partial charge in [-0.05, 0) is 30.3 Å². The summed E-state index contributed by atoms with van der Waals surface area (Å²) in [6.45, 7) is 0. The van der Waals surface area contributed by atoms with E-state index < -0.39 is 0 Å². The summed E-state index contributed by atoms with van der Waals surface area (Å²) < 4.78 is 11.8. The second-order valence-corrected chi connectivity index (χ2v) is 5.98. The van der Waals surface area contributed by atoms with E-state index in [2.05, 4.69) is 16.0 Å². The molecule has 4 aromatic rings. The quantitative estimate of drug-likeness (QED) is 0.363. The molecule has 0 atom stereocenters. The maximum atomic E-state index is 5.92. The first-order valence-corrected chi connectivity index (χ1v) is 8.34. The molecule has 3 heterocycles. The molecular formula is C22H14N2O2. The number of fused-ring (bicyclic) bond motifs is 10. The first kappa shape index (κ1) is 14.7. The Labute approximate surface area is 150 Å². The summed E-state index contributed by atoms with van der Waals surface area (Å²) in [5, 5.41) is 0. The van der Waals surface area contributed by atoms with Crippen molar-refractivity contribution in [3.05, 3.63) is 84.9 Å². The average molecular weight is 338 g/mol. The smallest absolute Gasteiger partial charge is 0.219 e. The average Bonchev–Trinajstić information content (AvgIpc) is 2.68. The van der Waals surface area contributed by atoms with E-state index in [-0.39, 0.29) is 0 Å². The number of ether oxygens (including phenoxy) is 2. The molecule has 5 rings (SSSR count). The topological polar surface area (TPSA) is 44.2 Å². The lowest BCUT2D eigenvalue weighted by atomic mass is 10.0. The molecule has 26 heavy (non-hydrogen) atoms. The molecule has 0 saturated heterocycles. The van der Waals surface area contributed by atoms with Crippen molar-refractivity contribution in [1.82, 2.24) is 9.97 Å². The fraction of sp³-hybridized carbons (Fsp3) is 0. The Kier molecular flexibility index (Phi) is 3.39. The molecule has 0 N–H and O–H groups in total. The second kappa shape index (κ2) is 6.01. The Bertz CT molecular complexity index is 1030. The van der Waals surface area contributed by atoms with E-state index in [1.165, 1.54) is 0 Å². The Morgan fingerprint density at radius 1 is 0.500 bits per heavy atom. The predicted molar refractivity (Wildman–Crippen MR) is 99.5 cm³/mol. The van der Waals surface area contributed by atoms with Gasteiger partial charge in [0.15, 0.2) is 0 Å². The highest BCUT2D eigenvalue weighted by molar-refractivity contribution is 5.70. The van der Waals surface area contributed by atoms with Gasteiger partial charge in [0.25, 0.3) is 0 Å². The summed E-state index contributed by atoms with van der Waals surface area (Å²) in [5.41, 5.74) is 3.72. The van der Waals surface area contributed by atoms with Crippen LogP contribution in [0.25, 0.3) is 22.5 Å². The molecule has 1 aliphatic heterocycles. The van der Waals surface area contributed by atoms with Crippen molar-refractivity contribution in [2.75, 3.05) is 0 Å². The van der Waals surface area contributed by atoms with Gasteiger partial charge in [-0.3, -0.25) is 0 Å². The van der Waals surface area contributed by atoms with Crippen molar-refractivity contribution in [1.29, 1.82) is 0 Å². The van der Waals surface area contributed by atoms with Crippen LogP contribution in [0.15, 0.2) is 84.9 Å². The third-order valence-electron chi connectivity index (χ3n) is 4.15. The summed E-state index contributed by atoms with van der Waals surface area (Å²) >= 11 is 0. The molecule has 124 valence electrons. The molecule has 0 aliphatic carbocycles. The first-order chi connectivity index (χ1) is 12.8. The molecule has 4 heteroatoms. The highest BCUT2D eigenvalue weighted by Gasteiger charge is 2.09. The van der Waals surface area contributed by atoms with Crippen LogP contribution < -0.4 is 9.47 Å². The molecule has 0 radical (unpaired) electrons. The Balaban J connectivity index is 1.74. The molecule has 8 bridgehead atoms. The molecule has 0 amide bonds. The maximum absolute atomic E-state index is 5.92. The van der Waals surface area contributed by atoms with Gasteiger partial charge < -0.3 is 9.47 Å². The third kappa shape index (κ3) is 2.78. The van der Waals surface area contributed by atoms with Gasteiger partial charge in [-0.15, -0.1) is 0 Å². The van der Waals surface area contributed by atoms with Gasteiger partial charge in [0.1, 0.15) is 11.5 Å². The van der Waals surface area contributed by atoms with E-state index in [1.807, 2.05) is 78.9 Å². The van der Waals surface area contributed by atoms with Crippen molar-refractivity contribution in [2.45, 2.75) is 0 Å². The van der Waals surface area contributed by atoms with Crippen LogP contribution in [0.2, 0.25) is 0 Å². The first-order valence-electron chi connectivity index (χ1n) is 8.34. The summed E-state index contributed by atoms with van der Waals surface area (Å²) in [4.78, 5) is 9.27. The second-order valence-electron chi connectivity index (χ2n) is 5.98. The zero-order valence-corrected chi connectivity index (χ0v) is 13.8. The van der Waals surface area contributed by atoms with Gasteiger partial charge >= 0.3 is 0 Å². The molecule has 4 nitrogen and oxygen atoms in total. The summed E-state index contributed by atoms with van der Waals surface area (Å²) in [6, 6.07) is 27.1. The van der Waals surface area contributed by atoms with E-state index in [4.69, 9.17) is 9.47 Å². The highest BCUT2D eigenvalue weighted by atomic mass is 16.5. The largest absolute Gasteiger partial charge is 0.439 e. The van der Waals surface area contributed by atoms with Crippen LogP contribution in [0.4, 0.5) is 0 Å². The molecule has 2 aromatic heterocycles. The van der Waals surface area contributed by atoms with Crippen LogP contribution in [-0.4, -0.2) is 9.97 Å². The zero-order chi connectivity index (χ0) is 17.3. The number of hydrogen-bond donors (Lipinski definition) is 0. The Morgan fingerprint density at radius 2 is 1.00 bits per heavy atom. The fourth-order valence-electron chi connectivity index (χ4n) is 2.95. The van der Waals surface area contributed by atoms with Crippen molar-refractivity contribution in [3.63, 3.8) is 0 Å². The van der Waals surface area contributed by atoms with Crippen molar-refractivity contribution >= 4 is 0 Å². The highest BCUT2D eigenvalue weighted by Crippen LogP contribution is 2.31. The van der Waals surface area contributed by atoms with Gasteiger partial charge in [-0.2, -0.15) is 0 Å². The van der Waals surface area contributed by atoms with Crippen LogP contribution in [0.1, 0.15) is 0 Å². The molecular weight excluding hydrogens is 324 g/mol. The number of benzene rings is 2. The van der Waals surface area contributed by atoms with Crippen molar-refractivity contribution < 1.29 is 9.47 Å². The Morgan fingerprint density at radius 3 is 1.58 bits per heavy atom. The van der Waals surface area contributed by atoms with E-state index in [9.17, 15) is 0 Å². The monoisotopic (exact) mass is 338 g/mol. The van der Waals surface area contributed by atoms with Crippen molar-refractivity contribution in [2.24, 2.45) is 0 Å². The minimum Gasteiger partial charge on any atom is -0.439 e. The van der Waals surface area contributed by atoms with Crippen LogP contribution in [0, 0.1) is 0 Å². The Hall–Kier alpha value is -3.66. The van der Waals surface area contributed by atoms with E-state index in [0.29, 0.717) is 23.3 Å². The summed E-state index contributed by atoms with van der Waals surface area (Å²) in [7, 11) is 0. The molecule has 0 saturated carbocycles. The minimum atomic E-state index is 0.541. The molecule has 1 aliphatic rings. The van der Waals surface area contributed by atoms with Crippen LogP contribution in [0.3, 0.4) is 0 Å². The normalized spacial score (nSPS) is 11.7. The molecule has 0 spiro atoms. The molecule has 0 unspecified atom stereocenters. The standard InChI is InChI=1S/C22H14N2O2/c1-5-15-13-16(6-1)20-10-4-12-22(24-20)26-18-8-2-7-17(14-18)25-21-11-3-9-19(15)23-21/h1-14H. The maximum Gasteiger partial charge on any atom is 0.219 e. The summed E-state index contributed by atoms with van der Waals surface area (Å²) in [5.74, 6) is 2.40. The number of rotatable bonds is 0. The lowest BCUT2D eigenvalue weighted by Gasteiger charge is -2.12. The number of hydrogen-bond acceptors (Lipinski definition) is 4. The van der Waals surface area contributed by atoms with Gasteiger partial charge in [0.05, 0.1) is 11.4 Å². The van der Waals surface area contributed by atoms with Crippen molar-refractivity contribution in [3.8, 4) is 45.8 Å². The number of nitrogens with zero attached hydrogens (tertiary/aromatic N) is 2. The summed E-state index contributed by atoms with van der Waals surface area (Å²) in [6.07, 6.45) is 0. The lowest BCUT2D eigenvalue weighted by Crippen LogP contribution is -1.94. The fourth-order valence-corrected chi connectivity index (χ4v) is 2.95. The molecule has 2 aromatic carbocycles. The SMILES string of the molecule is c1cc2cc(c1)Oc1cccc(n1)-c1cccc(c1)-c1cccc(n1)O2. The van der Waals surface area contributed by atoms with Crippen LogP contribution >= 0.6 is 0 Å². The van der Waals surface area contributed by atoms with Crippen LogP contribution in [-0.2, 0) is 0 Å². The van der Waals surface area contributed by atoms with E-state index >= 15 is 0 Å². The van der Waals surface area contributed by atoms with Crippen LogP contribution in [0.5, 0.6) is 23.3 Å². The number of aromatic nitrogens is 2. The van der Waals surface area contributed by atoms with Gasteiger partial charge in [0.2, 0.25) is 11.8 Å². The predicted octanol–water partition coefficient (Wildman–Crippen LogP) is 5.71. The zero-order valence-electron chi connectivity index (χ0n) is 13.8. The van der Waals surface area contributed by atoms with Gasteiger partial charge in [-0.1, -0.05) is 36.4 Å². The lowest BCUT2D eigenvalue weighted by molar-refractivity contribution is 0.442. The van der Waals surface area contributed by atoms with E-state index in [0.717, 1.165) is 22.5 Å². The van der Waals surface area contributed by atoms with Gasteiger partial charge in [-0.25, -0.2) is 9.97 Å².